The minimum atomic E-state index is -0.990. The predicted octanol–water partition coefficient (Wildman–Crippen LogP) is 2.87. The number of amides is 1. The van der Waals surface area contributed by atoms with Crippen molar-refractivity contribution in [1.29, 1.82) is 0 Å². The highest BCUT2D eigenvalue weighted by Gasteiger charge is 2.19. The second-order valence-electron chi connectivity index (χ2n) is 5.17. The Morgan fingerprint density at radius 2 is 1.92 bits per heavy atom. The average molecular weight is 425 g/mol. The van der Waals surface area contributed by atoms with Gasteiger partial charge in [0, 0.05) is 16.6 Å². The van der Waals surface area contributed by atoms with Crippen molar-refractivity contribution < 1.29 is 29.5 Å². The maximum Gasteiger partial charge on any atom is 0.342 e. The van der Waals surface area contributed by atoms with Crippen LogP contribution in [-0.4, -0.2) is 33.6 Å². The van der Waals surface area contributed by atoms with E-state index in [9.17, 15) is 29.9 Å². The second kappa shape index (κ2) is 7.83. The van der Waals surface area contributed by atoms with Crippen LogP contribution in [0.2, 0.25) is 0 Å². The van der Waals surface area contributed by atoms with Crippen LogP contribution in [0.3, 0.4) is 0 Å². The largest absolute Gasteiger partial charge is 0.504 e. The number of rotatable bonds is 5. The number of benzene rings is 2. The van der Waals surface area contributed by atoms with Crippen LogP contribution >= 0.6 is 15.9 Å². The molecule has 0 saturated carbocycles. The first kappa shape index (κ1) is 19.2. The molecule has 10 heteroatoms. The van der Waals surface area contributed by atoms with Gasteiger partial charge in [0.05, 0.1) is 10.6 Å². The van der Waals surface area contributed by atoms with Gasteiger partial charge in [0.25, 0.3) is 11.6 Å². The first-order chi connectivity index (χ1) is 12.2. The lowest BCUT2D eigenvalue weighted by atomic mass is 10.1. The summed E-state index contributed by atoms with van der Waals surface area (Å²) in [7, 11) is 0. The zero-order chi connectivity index (χ0) is 19.4. The highest BCUT2D eigenvalue weighted by Crippen LogP contribution is 2.32. The Morgan fingerprint density at radius 3 is 2.54 bits per heavy atom. The molecule has 2 aromatic carbocycles. The summed E-state index contributed by atoms with van der Waals surface area (Å²) in [5, 5.41) is 32.4. The number of phenols is 2. The van der Waals surface area contributed by atoms with Gasteiger partial charge in [-0.25, -0.2) is 4.79 Å². The molecule has 2 aromatic rings. The Kier molecular flexibility index (Phi) is 5.78. The second-order valence-corrected chi connectivity index (χ2v) is 6.03. The van der Waals surface area contributed by atoms with Gasteiger partial charge in [-0.05, 0) is 40.5 Å². The number of phenolic OH excluding ortho intramolecular Hbond substituents is 2. The molecule has 0 saturated heterocycles. The van der Waals surface area contributed by atoms with E-state index in [0.29, 0.717) is 5.56 Å². The van der Waals surface area contributed by atoms with E-state index in [4.69, 9.17) is 4.74 Å². The molecule has 0 atom stereocenters. The Morgan fingerprint density at radius 1 is 1.23 bits per heavy atom. The summed E-state index contributed by atoms with van der Waals surface area (Å²) in [4.78, 5) is 33.9. The number of anilines is 1. The van der Waals surface area contributed by atoms with Crippen LogP contribution in [0.1, 0.15) is 15.9 Å². The molecular weight excluding hydrogens is 412 g/mol. The SMILES string of the molecule is Cc1ccc(C(=O)OCC(=O)Nc2ccc([N+](=O)[O-])cc2Br)c(O)c1O. The van der Waals surface area contributed by atoms with Crippen molar-refractivity contribution in [1.82, 2.24) is 0 Å². The number of carbonyl (C=O) groups is 2. The fraction of sp³-hybridized carbons (Fsp3) is 0.125. The number of nitro groups is 1. The summed E-state index contributed by atoms with van der Waals surface area (Å²) in [6, 6.07) is 6.43. The molecule has 0 aliphatic heterocycles. The number of nitrogens with one attached hydrogen (secondary N) is 1. The highest BCUT2D eigenvalue weighted by molar-refractivity contribution is 9.10. The van der Waals surface area contributed by atoms with Gasteiger partial charge in [-0.1, -0.05) is 6.07 Å². The number of hydrogen-bond donors (Lipinski definition) is 3. The first-order valence-electron chi connectivity index (χ1n) is 7.13. The number of hydrogen-bond acceptors (Lipinski definition) is 7. The number of carbonyl (C=O) groups excluding carboxylic acids is 2. The minimum absolute atomic E-state index is 0.157. The van der Waals surface area contributed by atoms with Gasteiger partial charge >= 0.3 is 5.97 Å². The number of nitro benzene ring substituents is 1. The van der Waals surface area contributed by atoms with Crippen LogP contribution in [0.4, 0.5) is 11.4 Å². The molecule has 0 aliphatic carbocycles. The van der Waals surface area contributed by atoms with Crippen molar-refractivity contribution in [3.8, 4) is 11.5 Å². The summed E-state index contributed by atoms with van der Waals surface area (Å²) in [5.74, 6) is -2.76. The molecule has 1 amide bonds. The monoisotopic (exact) mass is 424 g/mol. The fourth-order valence-corrected chi connectivity index (χ4v) is 2.43. The lowest BCUT2D eigenvalue weighted by molar-refractivity contribution is -0.384. The fourth-order valence-electron chi connectivity index (χ4n) is 1.96. The van der Waals surface area contributed by atoms with E-state index in [1.54, 1.807) is 6.92 Å². The molecule has 0 heterocycles. The maximum atomic E-state index is 11.9. The number of aromatic hydroxyl groups is 2. The number of non-ortho nitro benzene ring substituents is 1. The lowest BCUT2D eigenvalue weighted by Gasteiger charge is -2.10. The summed E-state index contributed by atoms with van der Waals surface area (Å²) in [6.07, 6.45) is 0. The van der Waals surface area contributed by atoms with Crippen LogP contribution in [0.25, 0.3) is 0 Å². The predicted molar refractivity (Wildman–Crippen MR) is 94.2 cm³/mol. The van der Waals surface area contributed by atoms with Gasteiger partial charge < -0.3 is 20.3 Å². The smallest absolute Gasteiger partial charge is 0.342 e. The minimum Gasteiger partial charge on any atom is -0.504 e. The third kappa shape index (κ3) is 4.28. The third-order valence-corrected chi connectivity index (χ3v) is 4.00. The number of nitrogens with zero attached hydrogens (tertiary/aromatic N) is 1. The zero-order valence-electron chi connectivity index (χ0n) is 13.4. The molecule has 136 valence electrons. The molecule has 0 spiro atoms. The van der Waals surface area contributed by atoms with Crippen molar-refractivity contribution in [2.75, 3.05) is 11.9 Å². The van der Waals surface area contributed by atoms with Gasteiger partial charge in [-0.3, -0.25) is 14.9 Å². The van der Waals surface area contributed by atoms with Crippen molar-refractivity contribution in [2.24, 2.45) is 0 Å². The molecule has 0 bridgehead atoms. The number of halogens is 1. The summed E-state index contributed by atoms with van der Waals surface area (Å²) in [6.45, 7) is 0.885. The van der Waals surface area contributed by atoms with E-state index in [1.807, 2.05) is 0 Å². The Labute approximate surface area is 155 Å². The van der Waals surface area contributed by atoms with Gasteiger partial charge in [0.15, 0.2) is 18.1 Å². The van der Waals surface area contributed by atoms with Gasteiger partial charge in [-0.15, -0.1) is 0 Å². The van der Waals surface area contributed by atoms with Crippen LogP contribution in [0.15, 0.2) is 34.8 Å². The van der Waals surface area contributed by atoms with Gasteiger partial charge in [-0.2, -0.15) is 0 Å². The average Bonchev–Trinajstić information content (AvgIpc) is 2.59. The van der Waals surface area contributed by atoms with Gasteiger partial charge in [0.2, 0.25) is 0 Å². The van der Waals surface area contributed by atoms with E-state index in [-0.39, 0.29) is 21.4 Å². The molecule has 0 radical (unpaired) electrons. The van der Waals surface area contributed by atoms with Crippen LogP contribution in [0.5, 0.6) is 11.5 Å². The number of aryl methyl sites for hydroxylation is 1. The Balaban J connectivity index is 2.00. The molecule has 0 fully saturated rings. The first-order valence-corrected chi connectivity index (χ1v) is 7.92. The lowest BCUT2D eigenvalue weighted by Crippen LogP contribution is -2.21. The van der Waals surface area contributed by atoms with E-state index < -0.39 is 34.9 Å². The third-order valence-electron chi connectivity index (χ3n) is 3.34. The molecule has 26 heavy (non-hydrogen) atoms. The van der Waals surface area contributed by atoms with Crippen molar-refractivity contribution in [3.63, 3.8) is 0 Å². The Bertz CT molecular complexity index is 898. The molecule has 9 nitrogen and oxygen atoms in total. The number of esters is 1. The van der Waals surface area contributed by atoms with E-state index in [1.165, 1.54) is 30.3 Å². The van der Waals surface area contributed by atoms with Gasteiger partial charge in [0.1, 0.15) is 5.56 Å². The molecule has 0 aliphatic rings. The summed E-state index contributed by atoms with van der Waals surface area (Å²) in [5.41, 5.74) is 0.195. The van der Waals surface area contributed by atoms with E-state index in [2.05, 4.69) is 21.2 Å². The topological polar surface area (TPSA) is 139 Å². The maximum absolute atomic E-state index is 11.9. The molecule has 0 aromatic heterocycles. The van der Waals surface area contributed by atoms with Crippen molar-refractivity contribution in [2.45, 2.75) is 6.92 Å². The van der Waals surface area contributed by atoms with Crippen molar-refractivity contribution in [3.05, 3.63) is 56.0 Å². The molecule has 0 unspecified atom stereocenters. The van der Waals surface area contributed by atoms with E-state index >= 15 is 0 Å². The quantitative estimate of drug-likeness (QED) is 0.290. The molecular formula is C16H13BrN2O7. The normalized spacial score (nSPS) is 10.2. The molecule has 2 rings (SSSR count). The van der Waals surface area contributed by atoms with E-state index in [0.717, 1.165) is 0 Å². The van der Waals surface area contributed by atoms with Crippen LogP contribution < -0.4 is 5.32 Å². The zero-order valence-corrected chi connectivity index (χ0v) is 14.9. The summed E-state index contributed by atoms with van der Waals surface area (Å²) >= 11 is 3.10. The molecule has 3 N–H and O–H groups in total. The number of ether oxygens (including phenoxy) is 1. The summed E-state index contributed by atoms with van der Waals surface area (Å²) < 4.78 is 5.08. The highest BCUT2D eigenvalue weighted by atomic mass is 79.9. The van der Waals surface area contributed by atoms with Crippen LogP contribution in [-0.2, 0) is 9.53 Å². The van der Waals surface area contributed by atoms with Crippen LogP contribution in [0, 0.1) is 17.0 Å². The standard InChI is InChI=1S/C16H13BrN2O7/c1-8-2-4-10(15(22)14(8)21)16(23)26-7-13(20)18-12-5-3-9(19(24)25)6-11(12)17/h2-6,21-22H,7H2,1H3,(H,18,20). The van der Waals surface area contributed by atoms with Crippen molar-refractivity contribution >= 4 is 39.2 Å². The Hall–Kier alpha value is -3.14.